The van der Waals surface area contributed by atoms with Crippen LogP contribution in [0.2, 0.25) is 0 Å². The van der Waals surface area contributed by atoms with Crippen molar-refractivity contribution in [3.8, 4) is 0 Å². The predicted molar refractivity (Wildman–Crippen MR) is 82.3 cm³/mol. The summed E-state index contributed by atoms with van der Waals surface area (Å²) in [6.07, 6.45) is 5.03. The van der Waals surface area contributed by atoms with Crippen molar-refractivity contribution in [1.29, 1.82) is 0 Å². The first-order valence-electron chi connectivity index (χ1n) is 7.12. The van der Waals surface area contributed by atoms with E-state index in [9.17, 15) is 8.42 Å². The van der Waals surface area contributed by atoms with Gasteiger partial charge in [-0.05, 0) is 32.2 Å². The molecule has 1 saturated heterocycles. The van der Waals surface area contributed by atoms with E-state index < -0.39 is 9.84 Å². The third-order valence-corrected chi connectivity index (χ3v) is 7.39. The van der Waals surface area contributed by atoms with Gasteiger partial charge in [0.15, 0.2) is 0 Å². The van der Waals surface area contributed by atoms with Gasteiger partial charge in [0.25, 0.3) is 0 Å². The van der Waals surface area contributed by atoms with Gasteiger partial charge in [-0.2, -0.15) is 11.8 Å². The normalized spacial score (nSPS) is 36.1. The van der Waals surface area contributed by atoms with Crippen LogP contribution < -0.4 is 5.73 Å². The molecule has 2 rings (SSSR count). The van der Waals surface area contributed by atoms with Crippen LogP contribution in [0.1, 0.15) is 25.7 Å². The van der Waals surface area contributed by atoms with Gasteiger partial charge in [-0.1, -0.05) is 6.42 Å². The maximum absolute atomic E-state index is 11.7. The molecule has 1 saturated carbocycles. The number of sulfone groups is 1. The molecule has 2 aliphatic rings. The third-order valence-electron chi connectivity index (χ3n) is 4.70. The van der Waals surface area contributed by atoms with E-state index in [1.807, 2.05) is 11.8 Å². The molecule has 19 heavy (non-hydrogen) atoms. The maximum Gasteiger partial charge on any atom is 0.150 e. The van der Waals surface area contributed by atoms with Gasteiger partial charge >= 0.3 is 0 Å². The minimum atomic E-state index is -2.91. The molecule has 4 atom stereocenters. The minimum absolute atomic E-state index is 0.113. The summed E-state index contributed by atoms with van der Waals surface area (Å²) in [6, 6.07) is 0.518. The van der Waals surface area contributed by atoms with Crippen LogP contribution in [-0.4, -0.2) is 62.0 Å². The van der Waals surface area contributed by atoms with Crippen molar-refractivity contribution in [2.24, 2.45) is 11.7 Å². The fourth-order valence-corrected chi connectivity index (χ4v) is 5.84. The number of hydrogen-bond acceptors (Lipinski definition) is 5. The van der Waals surface area contributed by atoms with Crippen molar-refractivity contribution in [3.63, 3.8) is 0 Å². The van der Waals surface area contributed by atoms with Crippen LogP contribution in [0, 0.1) is 5.92 Å². The Morgan fingerprint density at radius 2 is 2.11 bits per heavy atom. The van der Waals surface area contributed by atoms with Gasteiger partial charge in [0, 0.05) is 36.4 Å². The average Bonchev–Trinajstić information content (AvgIpc) is 2.38. The quantitative estimate of drug-likeness (QED) is 0.841. The molecule has 4 unspecified atom stereocenters. The third kappa shape index (κ3) is 3.86. The van der Waals surface area contributed by atoms with Gasteiger partial charge < -0.3 is 10.6 Å². The maximum atomic E-state index is 11.7. The second-order valence-corrected chi connectivity index (χ2v) is 9.55. The number of rotatable bonds is 3. The van der Waals surface area contributed by atoms with Gasteiger partial charge in [-0.3, -0.25) is 0 Å². The Hall–Kier alpha value is 0.220. The van der Waals surface area contributed by atoms with Gasteiger partial charge in [0.05, 0.1) is 5.25 Å². The Bertz CT molecular complexity index is 399. The molecule has 0 aromatic heterocycles. The molecule has 1 aliphatic heterocycles. The van der Waals surface area contributed by atoms with Crippen molar-refractivity contribution < 1.29 is 8.42 Å². The molecule has 0 spiro atoms. The number of thioether (sulfide) groups is 1. The highest BCUT2D eigenvalue weighted by molar-refractivity contribution is 7.99. The average molecular weight is 306 g/mol. The van der Waals surface area contributed by atoms with E-state index in [1.54, 1.807) is 0 Å². The predicted octanol–water partition coefficient (Wildman–Crippen LogP) is 0.964. The summed E-state index contributed by atoms with van der Waals surface area (Å²) in [5.74, 6) is 2.62. The number of nitrogens with zero attached hydrogens (tertiary/aromatic N) is 1. The summed E-state index contributed by atoms with van der Waals surface area (Å²) in [6.45, 7) is 1.09. The van der Waals surface area contributed by atoms with Crippen LogP contribution in [0.5, 0.6) is 0 Å². The smallest absolute Gasteiger partial charge is 0.150 e. The first-order valence-corrected chi connectivity index (χ1v) is 10.2. The largest absolute Gasteiger partial charge is 0.326 e. The zero-order valence-electron chi connectivity index (χ0n) is 11.9. The molecular formula is C13H26N2O2S2. The highest BCUT2D eigenvalue weighted by Crippen LogP contribution is 2.33. The van der Waals surface area contributed by atoms with Crippen LogP contribution in [-0.2, 0) is 9.84 Å². The molecule has 4 nitrogen and oxygen atoms in total. The highest BCUT2D eigenvalue weighted by atomic mass is 32.2. The zero-order chi connectivity index (χ0) is 14.0. The lowest BCUT2D eigenvalue weighted by Gasteiger charge is -2.41. The molecule has 1 aliphatic carbocycles. The van der Waals surface area contributed by atoms with E-state index in [0.29, 0.717) is 12.0 Å². The van der Waals surface area contributed by atoms with Crippen molar-refractivity contribution in [2.75, 3.05) is 31.4 Å². The molecule has 2 N–H and O–H groups in total. The fraction of sp³-hybridized carbons (Fsp3) is 1.00. The highest BCUT2D eigenvalue weighted by Gasteiger charge is 2.36. The zero-order valence-corrected chi connectivity index (χ0v) is 13.5. The molecule has 2 fully saturated rings. The van der Waals surface area contributed by atoms with E-state index in [-0.39, 0.29) is 11.3 Å². The van der Waals surface area contributed by atoms with E-state index >= 15 is 0 Å². The monoisotopic (exact) mass is 306 g/mol. The number of nitrogens with two attached hydrogens (primary N) is 1. The Morgan fingerprint density at radius 3 is 2.74 bits per heavy atom. The van der Waals surface area contributed by atoms with Gasteiger partial charge in [0.2, 0.25) is 0 Å². The summed E-state index contributed by atoms with van der Waals surface area (Å²) < 4.78 is 23.5. The Labute approximate surface area is 121 Å². The lowest BCUT2D eigenvalue weighted by Crippen LogP contribution is -2.55. The molecule has 0 bridgehead atoms. The van der Waals surface area contributed by atoms with Crippen molar-refractivity contribution in [2.45, 2.75) is 43.0 Å². The lowest BCUT2D eigenvalue weighted by molar-refractivity contribution is 0.177. The lowest BCUT2D eigenvalue weighted by atomic mass is 9.81. The fourth-order valence-electron chi connectivity index (χ4n) is 3.34. The molecule has 0 amide bonds. The molecule has 0 aromatic rings. The van der Waals surface area contributed by atoms with Gasteiger partial charge in [-0.25, -0.2) is 8.42 Å². The van der Waals surface area contributed by atoms with Gasteiger partial charge in [0.1, 0.15) is 9.84 Å². The number of hydrogen-bond donors (Lipinski definition) is 1. The molecule has 6 heteroatoms. The van der Waals surface area contributed by atoms with Crippen LogP contribution in [0.3, 0.4) is 0 Å². The standard InChI is InChI=1S/C13H26N2O2S2/c1-15-6-7-18-9-12(15)13(14)10-4-3-5-11(8-10)19(2,16)17/h10-13H,3-9,14H2,1-2H3. The second kappa shape index (κ2) is 6.33. The summed E-state index contributed by atoms with van der Waals surface area (Å²) in [4.78, 5) is 2.35. The first kappa shape index (κ1) is 15.6. The van der Waals surface area contributed by atoms with Gasteiger partial charge in [-0.15, -0.1) is 0 Å². The minimum Gasteiger partial charge on any atom is -0.326 e. The van der Waals surface area contributed by atoms with Crippen molar-refractivity contribution >= 4 is 21.6 Å². The number of likely N-dealkylation sites (N-methyl/N-ethyl adjacent to an activating group) is 1. The SMILES string of the molecule is CN1CCSCC1C(N)C1CCCC(S(C)(=O)=O)C1. The summed E-state index contributed by atoms with van der Waals surface area (Å²) >= 11 is 1.97. The Balaban J connectivity index is 2.00. The molecule has 1 heterocycles. The summed E-state index contributed by atoms with van der Waals surface area (Å²) in [5.41, 5.74) is 6.47. The van der Waals surface area contributed by atoms with Crippen molar-refractivity contribution in [1.82, 2.24) is 4.90 Å². The summed E-state index contributed by atoms with van der Waals surface area (Å²) in [7, 11) is -0.771. The molecular weight excluding hydrogens is 280 g/mol. The molecule has 0 radical (unpaired) electrons. The van der Waals surface area contributed by atoms with Crippen LogP contribution >= 0.6 is 11.8 Å². The topological polar surface area (TPSA) is 63.4 Å². The van der Waals surface area contributed by atoms with Crippen molar-refractivity contribution in [3.05, 3.63) is 0 Å². The van der Waals surface area contributed by atoms with E-state index in [2.05, 4.69) is 11.9 Å². The Kier molecular flexibility index (Phi) is 5.20. The molecule has 112 valence electrons. The summed E-state index contributed by atoms with van der Waals surface area (Å²) in [5, 5.41) is -0.168. The molecule has 0 aromatic carbocycles. The van der Waals surface area contributed by atoms with Crippen LogP contribution in [0.4, 0.5) is 0 Å². The Morgan fingerprint density at radius 1 is 1.37 bits per heavy atom. The van der Waals surface area contributed by atoms with E-state index in [0.717, 1.165) is 38.0 Å². The van der Waals surface area contributed by atoms with E-state index in [1.165, 1.54) is 12.0 Å². The van der Waals surface area contributed by atoms with E-state index in [4.69, 9.17) is 5.73 Å². The van der Waals surface area contributed by atoms with Crippen LogP contribution in [0.15, 0.2) is 0 Å². The first-order chi connectivity index (χ1) is 8.89. The second-order valence-electron chi connectivity index (χ2n) is 6.08. The van der Waals surface area contributed by atoms with Crippen LogP contribution in [0.25, 0.3) is 0 Å².